The van der Waals surface area contributed by atoms with Gasteiger partial charge in [-0.25, -0.2) is 0 Å². The number of rotatable bonds is 5. The number of alkyl halides is 3. The molecule has 1 aromatic rings. The Kier molecular flexibility index (Phi) is 5.71. The van der Waals surface area contributed by atoms with E-state index in [0.717, 1.165) is 5.56 Å². The average Bonchev–Trinajstić information content (AvgIpc) is 2.54. The molecular weight excluding hydrogens is 325 g/mol. The van der Waals surface area contributed by atoms with Gasteiger partial charge in [0.1, 0.15) is 5.75 Å². The second kappa shape index (κ2) is 7.40. The molecule has 134 valence electrons. The van der Waals surface area contributed by atoms with E-state index in [0.29, 0.717) is 12.3 Å². The third-order valence-electron chi connectivity index (χ3n) is 4.20. The first-order valence-electron chi connectivity index (χ1n) is 7.64. The molecule has 0 bridgehead atoms. The van der Waals surface area contributed by atoms with Gasteiger partial charge in [-0.1, -0.05) is 12.1 Å². The first-order chi connectivity index (χ1) is 11.2. The van der Waals surface area contributed by atoms with Crippen molar-refractivity contribution in [3.8, 4) is 5.75 Å². The van der Waals surface area contributed by atoms with E-state index in [4.69, 9.17) is 4.74 Å². The van der Waals surface area contributed by atoms with Crippen LogP contribution in [0.4, 0.5) is 13.2 Å². The summed E-state index contributed by atoms with van der Waals surface area (Å²) in [6, 6.07) is 7.24. The summed E-state index contributed by atoms with van der Waals surface area (Å²) in [7, 11) is 1.55. The topological polar surface area (TPSA) is 61.8 Å². The Labute approximate surface area is 138 Å². The van der Waals surface area contributed by atoms with Gasteiger partial charge >= 0.3 is 6.18 Å². The van der Waals surface area contributed by atoms with Crippen molar-refractivity contribution in [1.82, 2.24) is 10.2 Å². The first-order valence-corrected chi connectivity index (χ1v) is 7.64. The van der Waals surface area contributed by atoms with Crippen molar-refractivity contribution >= 4 is 5.91 Å². The normalized spacial score (nSPS) is 18.2. The minimum atomic E-state index is -4.63. The molecule has 0 atom stereocenters. The highest BCUT2D eigenvalue weighted by Crippen LogP contribution is 2.38. The maximum Gasteiger partial charge on any atom is 0.417 e. The molecule has 24 heavy (non-hydrogen) atoms. The molecule has 1 heterocycles. The maximum absolute atomic E-state index is 12.7. The monoisotopic (exact) mass is 346 g/mol. The zero-order valence-corrected chi connectivity index (χ0v) is 13.4. The van der Waals surface area contributed by atoms with E-state index < -0.39 is 24.6 Å². The Bertz CT molecular complexity index is 570. The number of amides is 1. The minimum Gasteiger partial charge on any atom is -0.497 e. The highest BCUT2D eigenvalue weighted by atomic mass is 19.4. The molecule has 0 aliphatic carbocycles. The number of ether oxygens (including phenoxy) is 1. The molecule has 1 aliphatic rings. The SMILES string of the molecule is COc1cccc(CNC(=O)CN2CCC(O)(C(F)(F)F)CC2)c1. The zero-order valence-electron chi connectivity index (χ0n) is 13.4. The number of likely N-dealkylation sites (tertiary alicyclic amines) is 1. The molecule has 5 nitrogen and oxygen atoms in total. The molecule has 0 aromatic heterocycles. The molecule has 0 spiro atoms. The van der Waals surface area contributed by atoms with Crippen LogP contribution in [0.25, 0.3) is 0 Å². The average molecular weight is 346 g/mol. The predicted molar refractivity (Wildman–Crippen MR) is 81.5 cm³/mol. The van der Waals surface area contributed by atoms with E-state index in [9.17, 15) is 23.1 Å². The molecule has 0 saturated carbocycles. The highest BCUT2D eigenvalue weighted by Gasteiger charge is 2.54. The van der Waals surface area contributed by atoms with Crippen LogP contribution in [-0.2, 0) is 11.3 Å². The first kappa shape index (κ1) is 18.5. The van der Waals surface area contributed by atoms with Crippen molar-refractivity contribution < 1.29 is 27.8 Å². The lowest BCUT2D eigenvalue weighted by molar-refractivity contribution is -0.272. The Balaban J connectivity index is 1.77. The molecule has 1 amide bonds. The van der Waals surface area contributed by atoms with Gasteiger partial charge in [-0.3, -0.25) is 9.69 Å². The summed E-state index contributed by atoms with van der Waals surface area (Å²) < 4.78 is 43.3. The van der Waals surface area contributed by atoms with Gasteiger partial charge in [0.15, 0.2) is 5.60 Å². The smallest absolute Gasteiger partial charge is 0.417 e. The summed E-state index contributed by atoms with van der Waals surface area (Å²) in [6.45, 7) is 0.388. The number of hydrogen-bond acceptors (Lipinski definition) is 4. The van der Waals surface area contributed by atoms with Crippen molar-refractivity contribution in [1.29, 1.82) is 0 Å². The number of methoxy groups -OCH3 is 1. The zero-order chi connectivity index (χ0) is 17.8. The number of hydrogen-bond donors (Lipinski definition) is 2. The predicted octanol–water partition coefficient (Wildman–Crippen LogP) is 1.70. The van der Waals surface area contributed by atoms with E-state index in [1.54, 1.807) is 24.1 Å². The molecular formula is C16H21F3N2O3. The molecule has 0 radical (unpaired) electrons. The number of nitrogens with zero attached hydrogens (tertiary/aromatic N) is 1. The number of aliphatic hydroxyl groups is 1. The molecule has 0 unspecified atom stereocenters. The number of piperidine rings is 1. The molecule has 2 rings (SSSR count). The van der Waals surface area contributed by atoms with Gasteiger partial charge in [-0.05, 0) is 30.5 Å². The van der Waals surface area contributed by atoms with Crippen molar-refractivity contribution in [3.05, 3.63) is 29.8 Å². The second-order valence-electron chi connectivity index (χ2n) is 5.93. The van der Waals surface area contributed by atoms with Crippen LogP contribution >= 0.6 is 0 Å². The molecule has 1 fully saturated rings. The lowest BCUT2D eigenvalue weighted by Crippen LogP contribution is -2.54. The third-order valence-corrected chi connectivity index (χ3v) is 4.20. The summed E-state index contributed by atoms with van der Waals surface area (Å²) in [6.07, 6.45) is -5.47. The van der Waals surface area contributed by atoms with Crippen LogP contribution in [0.5, 0.6) is 5.75 Å². The Hall–Kier alpha value is -1.80. The van der Waals surface area contributed by atoms with Crippen molar-refractivity contribution in [3.63, 3.8) is 0 Å². The molecule has 1 saturated heterocycles. The summed E-state index contributed by atoms with van der Waals surface area (Å²) in [5.41, 5.74) is -1.77. The minimum absolute atomic E-state index is 0.0118. The van der Waals surface area contributed by atoms with Crippen LogP contribution in [-0.4, -0.2) is 54.4 Å². The van der Waals surface area contributed by atoms with Gasteiger partial charge in [0.25, 0.3) is 0 Å². The van der Waals surface area contributed by atoms with Crippen LogP contribution in [0.1, 0.15) is 18.4 Å². The van der Waals surface area contributed by atoms with Gasteiger partial charge in [0.2, 0.25) is 5.91 Å². The van der Waals surface area contributed by atoms with E-state index in [-0.39, 0.29) is 25.5 Å². The Morgan fingerprint density at radius 1 is 1.38 bits per heavy atom. The van der Waals surface area contributed by atoms with Gasteiger partial charge < -0.3 is 15.2 Å². The van der Waals surface area contributed by atoms with Gasteiger partial charge in [-0.2, -0.15) is 13.2 Å². The van der Waals surface area contributed by atoms with E-state index >= 15 is 0 Å². The lowest BCUT2D eigenvalue weighted by Gasteiger charge is -2.38. The summed E-state index contributed by atoms with van der Waals surface area (Å²) in [4.78, 5) is 13.5. The number of carbonyl (C=O) groups is 1. The van der Waals surface area contributed by atoms with Crippen molar-refractivity contribution in [2.45, 2.75) is 31.2 Å². The summed E-state index contributed by atoms with van der Waals surface area (Å²) in [5, 5.41) is 12.3. The van der Waals surface area contributed by atoms with Crippen molar-refractivity contribution in [2.24, 2.45) is 0 Å². The fourth-order valence-corrected chi connectivity index (χ4v) is 2.61. The largest absolute Gasteiger partial charge is 0.497 e. The molecule has 1 aliphatic heterocycles. The van der Waals surface area contributed by atoms with E-state index in [1.807, 2.05) is 12.1 Å². The maximum atomic E-state index is 12.7. The quantitative estimate of drug-likeness (QED) is 0.852. The molecule has 2 N–H and O–H groups in total. The fraction of sp³-hybridized carbons (Fsp3) is 0.562. The molecule has 8 heteroatoms. The number of halogens is 3. The van der Waals surface area contributed by atoms with E-state index in [2.05, 4.69) is 5.32 Å². The van der Waals surface area contributed by atoms with Gasteiger partial charge in [0, 0.05) is 19.6 Å². The van der Waals surface area contributed by atoms with Crippen LogP contribution in [0.15, 0.2) is 24.3 Å². The Morgan fingerprint density at radius 2 is 2.04 bits per heavy atom. The Morgan fingerprint density at radius 3 is 2.62 bits per heavy atom. The van der Waals surface area contributed by atoms with Crippen molar-refractivity contribution in [2.75, 3.05) is 26.7 Å². The number of benzene rings is 1. The van der Waals surface area contributed by atoms with Gasteiger partial charge in [-0.15, -0.1) is 0 Å². The number of nitrogens with one attached hydrogen (secondary N) is 1. The van der Waals surface area contributed by atoms with Crippen LogP contribution in [0.2, 0.25) is 0 Å². The third kappa shape index (κ3) is 4.61. The fourth-order valence-electron chi connectivity index (χ4n) is 2.61. The van der Waals surface area contributed by atoms with Gasteiger partial charge in [0.05, 0.1) is 13.7 Å². The summed E-state index contributed by atoms with van der Waals surface area (Å²) in [5.74, 6) is 0.416. The second-order valence-corrected chi connectivity index (χ2v) is 5.93. The highest BCUT2D eigenvalue weighted by molar-refractivity contribution is 5.78. The van der Waals surface area contributed by atoms with E-state index in [1.165, 1.54) is 0 Å². The van der Waals surface area contributed by atoms with Crippen LogP contribution in [0.3, 0.4) is 0 Å². The number of carbonyl (C=O) groups excluding carboxylic acids is 1. The molecule has 1 aromatic carbocycles. The van der Waals surface area contributed by atoms with Crippen LogP contribution in [0, 0.1) is 0 Å². The summed E-state index contributed by atoms with van der Waals surface area (Å²) >= 11 is 0. The standard InChI is InChI=1S/C16H21F3N2O3/c1-24-13-4-2-3-12(9-13)10-20-14(22)11-21-7-5-15(23,6-8-21)16(17,18)19/h2-4,9,23H,5-8,10-11H2,1H3,(H,20,22). The lowest BCUT2D eigenvalue weighted by atomic mass is 9.91. The van der Waals surface area contributed by atoms with Crippen LogP contribution < -0.4 is 10.1 Å².